The van der Waals surface area contributed by atoms with Gasteiger partial charge in [0.1, 0.15) is 0 Å². The molecule has 0 bridgehead atoms. The van der Waals surface area contributed by atoms with Crippen LogP contribution in [0.1, 0.15) is 19.2 Å². The second kappa shape index (κ2) is 11.3. The fourth-order valence-corrected chi connectivity index (χ4v) is 5.67. The van der Waals surface area contributed by atoms with E-state index in [0.717, 1.165) is 11.1 Å². The zero-order valence-electron chi connectivity index (χ0n) is 21.8. The van der Waals surface area contributed by atoms with Gasteiger partial charge in [0.25, 0.3) is 21.5 Å². The van der Waals surface area contributed by atoms with Crippen LogP contribution in [-0.4, -0.2) is 38.2 Å². The molecule has 0 fully saturated rings. The molecular formula is C28H26ClN2O8S2+. The summed E-state index contributed by atoms with van der Waals surface area (Å²) in [5, 5.41) is 0.359. The molecule has 0 atom stereocenters. The van der Waals surface area contributed by atoms with E-state index >= 15 is 0 Å². The van der Waals surface area contributed by atoms with Gasteiger partial charge in [-0.25, -0.2) is 0 Å². The minimum absolute atomic E-state index is 0.0845. The number of nitrogens with zero attached hydrogens (tertiary/aromatic N) is 2. The second-order valence-corrected chi connectivity index (χ2v) is 12.8. The number of aromatic nitrogens is 1. The van der Waals surface area contributed by atoms with E-state index in [-0.39, 0.29) is 12.4 Å². The van der Waals surface area contributed by atoms with Crippen molar-refractivity contribution in [1.29, 1.82) is 0 Å². The standard InChI is InChI=1S/C28H25ClN2O8S2/c1-2-19(15-28-31(18-41(35,36)37)24-17-22(29)9-11-26(24)39-28)14-27-30(12-13-40(32,33)34)23-16-21(8-10-25(23)38-27)20-6-4-3-5-7-20/h3-11,14-17H,2,12-13,18H2,1H3,(H-,32,33,34,35,36,37)/p+1. The molecule has 2 N–H and O–H groups in total. The van der Waals surface area contributed by atoms with Crippen LogP contribution < -0.4 is 14.2 Å². The number of hydrogen-bond donors (Lipinski definition) is 2. The highest BCUT2D eigenvalue weighted by Gasteiger charge is 2.30. The van der Waals surface area contributed by atoms with Crippen molar-refractivity contribution < 1.29 is 39.7 Å². The van der Waals surface area contributed by atoms with Crippen molar-refractivity contribution >= 4 is 54.7 Å². The zero-order chi connectivity index (χ0) is 29.4. The lowest BCUT2D eigenvalue weighted by Crippen LogP contribution is -2.39. The molecule has 1 aliphatic heterocycles. The van der Waals surface area contributed by atoms with Crippen LogP contribution in [0.2, 0.25) is 5.02 Å². The van der Waals surface area contributed by atoms with E-state index in [4.69, 9.17) is 20.8 Å². The number of hydrogen-bond acceptors (Lipinski definition) is 7. The summed E-state index contributed by atoms with van der Waals surface area (Å²) >= 11 is 6.12. The molecule has 5 rings (SSSR count). The predicted octanol–water partition coefficient (Wildman–Crippen LogP) is 5.31. The van der Waals surface area contributed by atoms with E-state index in [2.05, 4.69) is 0 Å². The van der Waals surface area contributed by atoms with E-state index in [1.165, 1.54) is 10.6 Å². The number of ether oxygens (including phenoxy) is 1. The van der Waals surface area contributed by atoms with Gasteiger partial charge < -0.3 is 14.1 Å². The van der Waals surface area contributed by atoms with Gasteiger partial charge in [-0.1, -0.05) is 54.9 Å². The first-order chi connectivity index (χ1) is 19.4. The molecule has 0 spiro atoms. The first kappa shape index (κ1) is 28.8. The van der Waals surface area contributed by atoms with Crippen LogP contribution in [0.4, 0.5) is 5.69 Å². The third kappa shape index (κ3) is 6.80. The molecule has 2 heterocycles. The summed E-state index contributed by atoms with van der Waals surface area (Å²) in [6.45, 7) is 1.78. The van der Waals surface area contributed by atoms with E-state index in [0.29, 0.717) is 45.4 Å². The van der Waals surface area contributed by atoms with Crippen LogP contribution in [0.3, 0.4) is 0 Å². The van der Waals surface area contributed by atoms with E-state index in [1.54, 1.807) is 35.3 Å². The second-order valence-electron chi connectivity index (χ2n) is 9.34. The number of allylic oxidation sites excluding steroid dienone is 2. The Bertz CT molecular complexity index is 1900. The lowest BCUT2D eigenvalue weighted by Gasteiger charge is -2.18. The molecule has 4 aromatic rings. The fraction of sp³-hybridized carbons (Fsp3) is 0.179. The van der Waals surface area contributed by atoms with Crippen LogP contribution in [0.5, 0.6) is 5.75 Å². The quantitative estimate of drug-likeness (QED) is 0.189. The van der Waals surface area contributed by atoms with Crippen molar-refractivity contribution in [3.8, 4) is 16.9 Å². The number of rotatable bonds is 9. The summed E-state index contributed by atoms with van der Waals surface area (Å²) in [6.07, 6.45) is 3.74. The SMILES string of the molecule is CCC(/C=C1\Oc2ccc(-c3ccccc3)cc2N1CCS(=O)(=O)O)=C\c1oc2ccc(Cl)cc2[n+]1CS(=O)(=O)O. The highest BCUT2D eigenvalue weighted by atomic mass is 35.5. The van der Waals surface area contributed by atoms with Crippen LogP contribution in [0, 0.1) is 0 Å². The Balaban J connectivity index is 1.58. The molecule has 3 aromatic carbocycles. The molecule has 0 saturated heterocycles. The summed E-state index contributed by atoms with van der Waals surface area (Å²) in [5.74, 6) is -0.347. The molecule has 1 aliphatic rings. The van der Waals surface area contributed by atoms with Crippen molar-refractivity contribution in [2.24, 2.45) is 0 Å². The molecule has 41 heavy (non-hydrogen) atoms. The summed E-state index contributed by atoms with van der Waals surface area (Å²) in [4.78, 5) is 1.66. The Morgan fingerprint density at radius 2 is 1.73 bits per heavy atom. The molecule has 0 unspecified atom stereocenters. The minimum atomic E-state index is -4.43. The monoisotopic (exact) mass is 617 g/mol. The molecule has 13 heteroatoms. The van der Waals surface area contributed by atoms with Crippen molar-refractivity contribution in [2.75, 3.05) is 17.2 Å². The molecule has 10 nitrogen and oxygen atoms in total. The van der Waals surface area contributed by atoms with Gasteiger partial charge in [0.15, 0.2) is 5.75 Å². The first-order valence-electron chi connectivity index (χ1n) is 12.5. The molecule has 1 aromatic heterocycles. The Kier molecular flexibility index (Phi) is 7.95. The predicted molar refractivity (Wildman–Crippen MR) is 156 cm³/mol. The Hall–Kier alpha value is -3.68. The van der Waals surface area contributed by atoms with Gasteiger partial charge in [0.05, 0.1) is 17.5 Å². The molecule has 214 valence electrons. The smallest absolute Gasteiger partial charge is 0.375 e. The summed E-state index contributed by atoms with van der Waals surface area (Å²) in [6, 6.07) is 19.9. The molecular weight excluding hydrogens is 592 g/mol. The highest BCUT2D eigenvalue weighted by molar-refractivity contribution is 7.85. The first-order valence-corrected chi connectivity index (χ1v) is 16.1. The van der Waals surface area contributed by atoms with E-state index in [1.807, 2.05) is 49.4 Å². The molecule has 0 radical (unpaired) electrons. The Morgan fingerprint density at radius 3 is 2.41 bits per heavy atom. The minimum Gasteiger partial charge on any atom is -0.439 e. The summed E-state index contributed by atoms with van der Waals surface area (Å²) < 4.78 is 79.2. The number of fused-ring (bicyclic) bond motifs is 2. The van der Waals surface area contributed by atoms with Gasteiger partial charge in [0.2, 0.25) is 11.5 Å². The van der Waals surface area contributed by atoms with Gasteiger partial charge in [0, 0.05) is 23.7 Å². The molecule has 0 amide bonds. The highest BCUT2D eigenvalue weighted by Crippen LogP contribution is 2.42. The van der Waals surface area contributed by atoms with Gasteiger partial charge >= 0.3 is 16.0 Å². The Labute approximate surface area is 242 Å². The molecule has 0 saturated carbocycles. The van der Waals surface area contributed by atoms with Gasteiger partial charge in [-0.2, -0.15) is 16.8 Å². The maximum Gasteiger partial charge on any atom is 0.375 e. The Morgan fingerprint density at radius 1 is 0.976 bits per heavy atom. The number of halogens is 1. The van der Waals surface area contributed by atoms with Crippen molar-refractivity contribution in [3.63, 3.8) is 0 Å². The maximum atomic E-state index is 11.8. The lowest BCUT2D eigenvalue weighted by atomic mass is 10.0. The maximum absolute atomic E-state index is 11.8. The number of oxazole rings is 1. The van der Waals surface area contributed by atoms with E-state index in [9.17, 15) is 25.9 Å². The van der Waals surface area contributed by atoms with Crippen LogP contribution in [0.15, 0.2) is 88.7 Å². The lowest BCUT2D eigenvalue weighted by molar-refractivity contribution is -0.658. The zero-order valence-corrected chi connectivity index (χ0v) is 24.2. The topological polar surface area (TPSA) is 138 Å². The summed E-state index contributed by atoms with van der Waals surface area (Å²) in [7, 11) is -8.70. The fourth-order valence-electron chi connectivity index (χ4n) is 4.50. The van der Waals surface area contributed by atoms with Gasteiger partial charge in [-0.05, 0) is 47.4 Å². The third-order valence-electron chi connectivity index (χ3n) is 6.42. The van der Waals surface area contributed by atoms with Crippen LogP contribution in [0.25, 0.3) is 28.3 Å². The molecule has 0 aliphatic carbocycles. The number of anilines is 1. The average molecular weight is 618 g/mol. The van der Waals surface area contributed by atoms with Gasteiger partial charge in [-0.3, -0.25) is 9.11 Å². The van der Waals surface area contributed by atoms with Crippen LogP contribution >= 0.6 is 11.6 Å². The number of benzene rings is 3. The summed E-state index contributed by atoms with van der Waals surface area (Å²) in [5.41, 5.74) is 3.85. The third-order valence-corrected chi connectivity index (χ3v) is 7.94. The largest absolute Gasteiger partial charge is 0.439 e. The van der Waals surface area contributed by atoms with E-state index < -0.39 is 31.9 Å². The average Bonchev–Trinajstić information content (AvgIpc) is 3.42. The van der Waals surface area contributed by atoms with Crippen molar-refractivity contribution in [3.05, 3.63) is 95.2 Å². The van der Waals surface area contributed by atoms with Crippen LogP contribution in [-0.2, 0) is 26.1 Å². The van der Waals surface area contributed by atoms with Gasteiger partial charge in [-0.15, -0.1) is 4.57 Å². The normalized spacial score (nSPS) is 15.0. The van der Waals surface area contributed by atoms with Crippen molar-refractivity contribution in [2.45, 2.75) is 19.2 Å². The van der Waals surface area contributed by atoms with Crippen molar-refractivity contribution in [1.82, 2.24) is 0 Å².